The van der Waals surface area contributed by atoms with Crippen molar-refractivity contribution in [3.63, 3.8) is 0 Å². The number of nitrogens with zero attached hydrogens (tertiary/aromatic N) is 2. The maximum absolute atomic E-state index is 12.9. The minimum absolute atomic E-state index is 0.0606. The maximum atomic E-state index is 12.9. The lowest BCUT2D eigenvalue weighted by Gasteiger charge is -2.30. The van der Waals surface area contributed by atoms with E-state index in [9.17, 15) is 9.90 Å². The van der Waals surface area contributed by atoms with E-state index < -0.39 is 0 Å². The number of fused-ring (bicyclic) bond motifs is 1. The smallest absolute Gasteiger partial charge is 0.226 e. The van der Waals surface area contributed by atoms with Crippen molar-refractivity contribution in [2.24, 2.45) is 5.92 Å². The second-order valence-corrected chi connectivity index (χ2v) is 7.64. The van der Waals surface area contributed by atoms with Crippen LogP contribution in [0.1, 0.15) is 37.1 Å². The molecule has 24 heavy (non-hydrogen) atoms. The first kappa shape index (κ1) is 17.1. The summed E-state index contributed by atoms with van der Waals surface area (Å²) in [5.41, 5.74) is 1.01. The summed E-state index contributed by atoms with van der Waals surface area (Å²) in [6.07, 6.45) is 6.12. The molecule has 0 saturated carbocycles. The van der Waals surface area contributed by atoms with Gasteiger partial charge in [-0.15, -0.1) is 11.3 Å². The van der Waals surface area contributed by atoms with Crippen molar-refractivity contribution in [3.8, 4) is 0 Å². The summed E-state index contributed by atoms with van der Waals surface area (Å²) in [7, 11) is 1.83. The molecule has 1 aromatic carbocycles. The molecule has 5 heteroatoms. The summed E-state index contributed by atoms with van der Waals surface area (Å²) >= 11 is 1.70. The summed E-state index contributed by atoms with van der Waals surface area (Å²) in [6.45, 7) is 2.34. The van der Waals surface area contributed by atoms with Gasteiger partial charge in [-0.3, -0.25) is 4.79 Å². The summed E-state index contributed by atoms with van der Waals surface area (Å²) < 4.78 is 1.18. The van der Waals surface area contributed by atoms with Crippen LogP contribution in [0.2, 0.25) is 0 Å². The van der Waals surface area contributed by atoms with Crippen molar-refractivity contribution < 1.29 is 9.90 Å². The molecule has 1 aromatic heterocycles. The van der Waals surface area contributed by atoms with Crippen molar-refractivity contribution in [1.82, 2.24) is 9.88 Å². The Morgan fingerprint density at radius 2 is 2.12 bits per heavy atom. The number of rotatable bonds is 5. The van der Waals surface area contributed by atoms with Gasteiger partial charge in [0, 0.05) is 19.5 Å². The molecule has 1 aliphatic carbocycles. The third kappa shape index (κ3) is 3.68. The molecule has 3 rings (SSSR count). The van der Waals surface area contributed by atoms with Crippen molar-refractivity contribution in [2.75, 3.05) is 13.6 Å². The Labute approximate surface area is 146 Å². The third-order valence-electron chi connectivity index (χ3n) is 4.64. The van der Waals surface area contributed by atoms with Gasteiger partial charge in [0.2, 0.25) is 5.91 Å². The fourth-order valence-corrected chi connectivity index (χ4v) is 4.33. The molecule has 3 unspecified atom stereocenters. The number of amides is 1. The highest BCUT2D eigenvalue weighted by atomic mass is 32.1. The van der Waals surface area contributed by atoms with Gasteiger partial charge < -0.3 is 10.0 Å². The van der Waals surface area contributed by atoms with Gasteiger partial charge in [-0.1, -0.05) is 24.3 Å². The van der Waals surface area contributed by atoms with Crippen LogP contribution in [0, 0.1) is 5.92 Å². The third-order valence-corrected chi connectivity index (χ3v) is 5.80. The van der Waals surface area contributed by atoms with Crippen molar-refractivity contribution >= 4 is 27.5 Å². The number of aromatic nitrogens is 1. The van der Waals surface area contributed by atoms with E-state index in [-0.39, 0.29) is 23.8 Å². The number of hydrogen-bond donors (Lipinski definition) is 1. The number of para-hydroxylation sites is 1. The Bertz CT molecular complexity index is 705. The predicted octanol–water partition coefficient (Wildman–Crippen LogP) is 3.58. The van der Waals surface area contributed by atoms with Crippen LogP contribution in [0.25, 0.3) is 10.2 Å². The van der Waals surface area contributed by atoms with E-state index in [1.807, 2.05) is 25.2 Å². The standard InChI is InChI=1S/C19H24N2O2S/c1-13(22)11-12-21(2)19(23)15-8-4-3-7-14(15)18-20-16-9-5-6-10-17(16)24-18/h3-6,9-10,13-15,22H,7-8,11-12H2,1-2H3. The number of aliphatic hydroxyl groups excluding tert-OH is 1. The van der Waals surface area contributed by atoms with Gasteiger partial charge in [-0.2, -0.15) is 0 Å². The molecule has 4 nitrogen and oxygen atoms in total. The monoisotopic (exact) mass is 344 g/mol. The van der Waals surface area contributed by atoms with E-state index in [1.165, 1.54) is 4.70 Å². The fourth-order valence-electron chi connectivity index (χ4n) is 3.18. The molecule has 0 bridgehead atoms. The fraction of sp³-hybridized carbons (Fsp3) is 0.474. The Balaban J connectivity index is 1.80. The molecule has 1 heterocycles. The Kier molecular flexibility index (Phi) is 5.31. The lowest BCUT2D eigenvalue weighted by atomic mass is 9.82. The van der Waals surface area contributed by atoms with Gasteiger partial charge in [0.05, 0.1) is 27.2 Å². The number of aliphatic hydroxyl groups is 1. The second-order valence-electron chi connectivity index (χ2n) is 6.57. The summed E-state index contributed by atoms with van der Waals surface area (Å²) in [5.74, 6) is 0.243. The topological polar surface area (TPSA) is 53.4 Å². The predicted molar refractivity (Wildman–Crippen MR) is 98.2 cm³/mol. The van der Waals surface area contributed by atoms with Gasteiger partial charge in [0.1, 0.15) is 0 Å². The minimum atomic E-state index is -0.383. The number of carbonyl (C=O) groups excluding carboxylic acids is 1. The molecule has 1 aliphatic rings. The van der Waals surface area contributed by atoms with Gasteiger partial charge in [-0.05, 0) is 38.3 Å². The van der Waals surface area contributed by atoms with E-state index in [2.05, 4.69) is 18.2 Å². The molecule has 128 valence electrons. The van der Waals surface area contributed by atoms with E-state index >= 15 is 0 Å². The molecule has 1 N–H and O–H groups in total. The molecule has 0 fully saturated rings. The average Bonchev–Trinajstić information content (AvgIpc) is 3.03. The van der Waals surface area contributed by atoms with Gasteiger partial charge in [0.15, 0.2) is 0 Å². The summed E-state index contributed by atoms with van der Waals surface area (Å²) in [4.78, 5) is 19.4. The summed E-state index contributed by atoms with van der Waals surface area (Å²) in [5, 5.41) is 10.5. The van der Waals surface area contributed by atoms with E-state index in [0.29, 0.717) is 13.0 Å². The number of benzene rings is 1. The first-order chi connectivity index (χ1) is 11.6. The minimum Gasteiger partial charge on any atom is -0.393 e. The van der Waals surface area contributed by atoms with Crippen LogP contribution in [-0.2, 0) is 4.79 Å². The number of hydrogen-bond acceptors (Lipinski definition) is 4. The summed E-state index contributed by atoms with van der Waals surface area (Å²) in [6, 6.07) is 8.14. The lowest BCUT2D eigenvalue weighted by Crippen LogP contribution is -2.37. The van der Waals surface area contributed by atoms with E-state index in [0.717, 1.165) is 23.4 Å². The maximum Gasteiger partial charge on any atom is 0.226 e. The molecular weight excluding hydrogens is 320 g/mol. The van der Waals surface area contributed by atoms with E-state index in [4.69, 9.17) is 4.98 Å². The number of allylic oxidation sites excluding steroid dienone is 2. The molecule has 0 spiro atoms. The molecular formula is C19H24N2O2S. The molecule has 3 atom stereocenters. The zero-order chi connectivity index (χ0) is 17.1. The van der Waals surface area contributed by atoms with Crippen LogP contribution in [0.5, 0.6) is 0 Å². The molecule has 0 saturated heterocycles. The van der Waals surface area contributed by atoms with Crippen molar-refractivity contribution in [2.45, 2.75) is 38.2 Å². The van der Waals surface area contributed by atoms with Crippen LogP contribution in [0.15, 0.2) is 36.4 Å². The van der Waals surface area contributed by atoms with Crippen molar-refractivity contribution in [3.05, 3.63) is 41.4 Å². The number of thiazole rings is 1. The molecule has 2 aromatic rings. The largest absolute Gasteiger partial charge is 0.393 e. The first-order valence-corrected chi connectivity index (χ1v) is 9.31. The van der Waals surface area contributed by atoms with Gasteiger partial charge in [-0.25, -0.2) is 4.98 Å². The highest BCUT2D eigenvalue weighted by molar-refractivity contribution is 7.18. The van der Waals surface area contributed by atoms with Gasteiger partial charge in [0.25, 0.3) is 0 Å². The highest BCUT2D eigenvalue weighted by Crippen LogP contribution is 2.39. The van der Waals surface area contributed by atoms with Crippen LogP contribution in [0.4, 0.5) is 0 Å². The quantitative estimate of drug-likeness (QED) is 0.844. The Hall–Kier alpha value is -1.72. The SMILES string of the molecule is CC(O)CCN(C)C(=O)C1CC=CCC1c1nc2ccccc2s1. The van der Waals surface area contributed by atoms with Crippen LogP contribution in [0.3, 0.4) is 0 Å². The van der Waals surface area contributed by atoms with Crippen molar-refractivity contribution in [1.29, 1.82) is 0 Å². The zero-order valence-corrected chi connectivity index (χ0v) is 15.0. The molecule has 0 radical (unpaired) electrons. The second kappa shape index (κ2) is 7.45. The zero-order valence-electron chi connectivity index (χ0n) is 14.2. The molecule has 1 amide bonds. The first-order valence-electron chi connectivity index (χ1n) is 8.49. The Morgan fingerprint density at radius 1 is 1.38 bits per heavy atom. The van der Waals surface area contributed by atoms with Gasteiger partial charge >= 0.3 is 0 Å². The molecule has 0 aliphatic heterocycles. The van der Waals surface area contributed by atoms with Crippen LogP contribution < -0.4 is 0 Å². The Morgan fingerprint density at radius 3 is 2.88 bits per heavy atom. The van der Waals surface area contributed by atoms with Crippen LogP contribution in [-0.4, -0.2) is 40.6 Å². The van der Waals surface area contributed by atoms with Crippen LogP contribution >= 0.6 is 11.3 Å². The number of carbonyl (C=O) groups is 1. The lowest BCUT2D eigenvalue weighted by molar-refractivity contribution is -0.135. The van der Waals surface area contributed by atoms with E-state index in [1.54, 1.807) is 23.2 Å². The normalized spacial score (nSPS) is 21.8. The highest BCUT2D eigenvalue weighted by Gasteiger charge is 2.33. The average molecular weight is 344 g/mol.